The number of rotatable bonds is 6. The van der Waals surface area contributed by atoms with E-state index in [2.05, 4.69) is 231 Å². The molecule has 0 saturated carbocycles. The monoisotopic (exact) mass is 834 g/mol. The molecule has 0 aliphatic heterocycles. The molecule has 0 unspecified atom stereocenters. The van der Waals surface area contributed by atoms with Gasteiger partial charge in [-0.05, 0) is 123 Å². The van der Waals surface area contributed by atoms with Crippen molar-refractivity contribution in [1.29, 1.82) is 0 Å². The van der Waals surface area contributed by atoms with Gasteiger partial charge in [-0.2, -0.15) is 0 Å². The molecule has 0 bridgehead atoms. The summed E-state index contributed by atoms with van der Waals surface area (Å²) < 4.78 is 0. The van der Waals surface area contributed by atoms with Gasteiger partial charge in [0.2, 0.25) is 0 Å². The van der Waals surface area contributed by atoms with Gasteiger partial charge in [0.15, 0.2) is 0 Å². The van der Waals surface area contributed by atoms with Gasteiger partial charge in [0.1, 0.15) is 0 Å². The van der Waals surface area contributed by atoms with Crippen molar-refractivity contribution in [3.63, 3.8) is 0 Å². The van der Waals surface area contributed by atoms with Crippen LogP contribution < -0.4 is 0 Å². The summed E-state index contributed by atoms with van der Waals surface area (Å²) in [5, 5.41) is 5.20. The van der Waals surface area contributed by atoms with Crippen LogP contribution in [0.25, 0.3) is 144 Å². The van der Waals surface area contributed by atoms with E-state index in [1.807, 2.05) is 0 Å². The van der Waals surface area contributed by atoms with Crippen molar-refractivity contribution in [3.05, 3.63) is 231 Å². The summed E-state index contributed by atoms with van der Waals surface area (Å²) in [5.74, 6) is 0. The number of nitrogens with zero attached hydrogens (tertiary/aromatic N) is 2. The summed E-state index contributed by atoms with van der Waals surface area (Å²) in [4.78, 5) is 11.1. The highest BCUT2D eigenvalue weighted by Gasteiger charge is 2.25. The Kier molecular flexibility index (Phi) is 8.02. The quantitative estimate of drug-likeness (QED) is 0.167. The summed E-state index contributed by atoms with van der Waals surface area (Å²) in [6.07, 6.45) is 0. The summed E-state index contributed by atoms with van der Waals surface area (Å²) in [6, 6.07) is 83.8. The predicted octanol–water partition coefficient (Wildman–Crippen LogP) is 17.2. The first-order chi connectivity index (χ1) is 32.7. The molecule has 66 heavy (non-hydrogen) atoms. The van der Waals surface area contributed by atoms with Crippen LogP contribution in [0.2, 0.25) is 0 Å². The fourth-order valence-electron chi connectivity index (χ4n) is 11.0. The molecule has 2 heteroatoms. The second-order valence-corrected chi connectivity index (χ2v) is 17.6. The Morgan fingerprint density at radius 1 is 0.197 bits per heavy atom. The minimum atomic E-state index is 0.854. The zero-order valence-electron chi connectivity index (χ0n) is 35.8. The van der Waals surface area contributed by atoms with Gasteiger partial charge < -0.3 is 0 Å². The number of benzene rings is 11. The van der Waals surface area contributed by atoms with E-state index < -0.39 is 0 Å². The lowest BCUT2D eigenvalue weighted by molar-refractivity contribution is 1.29. The molecule has 2 aliphatic carbocycles. The lowest BCUT2D eigenvalue weighted by atomic mass is 9.92. The van der Waals surface area contributed by atoms with Gasteiger partial charge >= 0.3 is 0 Å². The van der Waals surface area contributed by atoms with Gasteiger partial charge in [0, 0.05) is 11.1 Å². The van der Waals surface area contributed by atoms with Gasteiger partial charge in [-0.3, -0.25) is 0 Å². The second kappa shape index (κ2) is 14.4. The van der Waals surface area contributed by atoms with Gasteiger partial charge in [-0.1, -0.05) is 218 Å². The number of fused-ring (bicyclic) bond motifs is 7. The van der Waals surface area contributed by atoms with E-state index in [9.17, 15) is 0 Å². The summed E-state index contributed by atoms with van der Waals surface area (Å²) in [6.45, 7) is 0. The van der Waals surface area contributed by atoms with Crippen LogP contribution in [0.5, 0.6) is 0 Å². The molecule has 14 rings (SSSR count). The molecule has 2 aliphatic rings. The third kappa shape index (κ3) is 5.55. The third-order valence-electron chi connectivity index (χ3n) is 14.0. The molecule has 1 aromatic heterocycles. The van der Waals surface area contributed by atoms with E-state index in [4.69, 9.17) is 9.97 Å². The Labute approximate surface area is 382 Å². The summed E-state index contributed by atoms with van der Waals surface area (Å²) in [7, 11) is 0. The number of hydrogen-bond donors (Lipinski definition) is 0. The van der Waals surface area contributed by atoms with Crippen LogP contribution >= 0.6 is 0 Å². The fraction of sp³-hybridized carbons (Fsp3) is 0. The van der Waals surface area contributed by atoms with Crippen LogP contribution in [-0.2, 0) is 0 Å². The molecule has 0 atom stereocenters. The standard InChI is InChI=1S/C64H38N2/c1-3-13-39(14-4-1)57-37-59-60(38-58(57)40-15-5-2-6-16-40)66-64(44-31-27-42(28-32-44)46-34-36-56-50-20-10-8-18-48(50)54-24-12-22-52(46)62(54)56)63(65-59)43-29-25-41(26-30-43)45-33-35-55-49-19-9-7-17-47(49)53-23-11-21-51(45)61(53)55/h1-38H. The maximum atomic E-state index is 5.55. The second-order valence-electron chi connectivity index (χ2n) is 17.6. The highest BCUT2D eigenvalue weighted by molar-refractivity contribution is 6.20. The zero-order chi connectivity index (χ0) is 43.3. The first kappa shape index (κ1) is 36.7. The molecule has 304 valence electrons. The van der Waals surface area contributed by atoms with E-state index in [0.717, 1.165) is 55.8 Å². The average molecular weight is 835 g/mol. The van der Waals surface area contributed by atoms with Gasteiger partial charge in [-0.15, -0.1) is 0 Å². The van der Waals surface area contributed by atoms with Gasteiger partial charge in [-0.25, -0.2) is 9.97 Å². The Balaban J connectivity index is 0.923. The van der Waals surface area contributed by atoms with Crippen LogP contribution in [0.1, 0.15) is 0 Å². The van der Waals surface area contributed by atoms with E-state index >= 15 is 0 Å². The van der Waals surface area contributed by atoms with Crippen molar-refractivity contribution >= 4 is 32.6 Å². The SMILES string of the molecule is c1ccc(-c2cc3nc(-c4ccc(-c5ccc6c7c(cccc57)-c5ccccc5-6)cc4)c(-c4ccc(-c5ccc6c7c(cccc57)-c5ccccc5-6)cc4)nc3cc2-c2ccccc2)cc1. The van der Waals surface area contributed by atoms with Crippen molar-refractivity contribution in [3.8, 4) is 112 Å². The smallest absolute Gasteiger partial charge is 0.0973 e. The fourth-order valence-corrected chi connectivity index (χ4v) is 11.0. The van der Waals surface area contributed by atoms with Gasteiger partial charge in [0.25, 0.3) is 0 Å². The van der Waals surface area contributed by atoms with Crippen molar-refractivity contribution in [2.75, 3.05) is 0 Å². The summed E-state index contributed by atoms with van der Waals surface area (Å²) >= 11 is 0. The van der Waals surface area contributed by atoms with Crippen LogP contribution in [0, 0.1) is 0 Å². The first-order valence-electron chi connectivity index (χ1n) is 22.7. The minimum Gasteiger partial charge on any atom is -0.244 e. The van der Waals surface area contributed by atoms with E-state index in [1.165, 1.54) is 88.3 Å². The van der Waals surface area contributed by atoms with Crippen molar-refractivity contribution in [1.82, 2.24) is 9.97 Å². The van der Waals surface area contributed by atoms with Crippen LogP contribution in [-0.4, -0.2) is 9.97 Å². The molecule has 0 radical (unpaired) electrons. The van der Waals surface area contributed by atoms with Crippen LogP contribution in [0.4, 0.5) is 0 Å². The molecule has 0 amide bonds. The zero-order valence-corrected chi connectivity index (χ0v) is 35.8. The Morgan fingerprint density at radius 3 is 0.894 bits per heavy atom. The minimum absolute atomic E-state index is 0.854. The largest absolute Gasteiger partial charge is 0.244 e. The molecular weight excluding hydrogens is 797 g/mol. The molecule has 0 N–H and O–H groups in total. The van der Waals surface area contributed by atoms with E-state index in [1.54, 1.807) is 0 Å². The number of aromatic nitrogens is 2. The Morgan fingerprint density at radius 2 is 0.500 bits per heavy atom. The average Bonchev–Trinajstić information content (AvgIpc) is 3.90. The lowest BCUT2D eigenvalue weighted by Gasteiger charge is -2.16. The molecule has 0 spiro atoms. The predicted molar refractivity (Wildman–Crippen MR) is 276 cm³/mol. The Hall–Kier alpha value is -8.72. The molecule has 1 heterocycles. The van der Waals surface area contributed by atoms with Crippen LogP contribution in [0.3, 0.4) is 0 Å². The van der Waals surface area contributed by atoms with Crippen molar-refractivity contribution in [2.45, 2.75) is 0 Å². The molecule has 12 aromatic rings. The molecule has 0 saturated heterocycles. The highest BCUT2D eigenvalue weighted by atomic mass is 14.8. The normalized spacial score (nSPS) is 11.9. The number of hydrogen-bond acceptors (Lipinski definition) is 2. The highest BCUT2D eigenvalue weighted by Crippen LogP contribution is 2.51. The van der Waals surface area contributed by atoms with Crippen molar-refractivity contribution in [2.24, 2.45) is 0 Å². The Bertz CT molecular complexity index is 3630. The lowest BCUT2D eigenvalue weighted by Crippen LogP contribution is -1.97. The first-order valence-corrected chi connectivity index (χ1v) is 22.7. The van der Waals surface area contributed by atoms with Crippen LogP contribution in [0.15, 0.2) is 231 Å². The van der Waals surface area contributed by atoms with E-state index in [-0.39, 0.29) is 0 Å². The van der Waals surface area contributed by atoms with Crippen molar-refractivity contribution < 1.29 is 0 Å². The topological polar surface area (TPSA) is 25.8 Å². The maximum absolute atomic E-state index is 5.55. The maximum Gasteiger partial charge on any atom is 0.0973 e. The summed E-state index contributed by atoms with van der Waals surface area (Å²) in [5.41, 5.74) is 25.3. The van der Waals surface area contributed by atoms with Gasteiger partial charge in [0.05, 0.1) is 22.4 Å². The molecular formula is C64H38N2. The van der Waals surface area contributed by atoms with E-state index in [0.29, 0.717) is 0 Å². The molecule has 0 fully saturated rings. The molecule has 2 nitrogen and oxygen atoms in total. The third-order valence-corrected chi connectivity index (χ3v) is 14.0. The molecule has 11 aromatic carbocycles.